The van der Waals surface area contributed by atoms with Crippen molar-refractivity contribution in [2.24, 2.45) is 0 Å². The maximum Gasteiger partial charge on any atom is 0.106 e. The van der Waals surface area contributed by atoms with E-state index in [4.69, 9.17) is 0 Å². The van der Waals surface area contributed by atoms with Crippen molar-refractivity contribution in [3.05, 3.63) is 35.2 Å². The Balaban J connectivity index is 2.35. The smallest absolute Gasteiger partial charge is 0.106 e. The second kappa shape index (κ2) is 4.53. The van der Waals surface area contributed by atoms with Gasteiger partial charge in [-0.3, -0.25) is 0 Å². The molecule has 0 bridgehead atoms. The Labute approximate surface area is 97.6 Å². The molecule has 4 heteroatoms. The minimum atomic E-state index is -0.855. The van der Waals surface area contributed by atoms with Crippen LogP contribution in [-0.2, 0) is 0 Å². The first-order valence-electron chi connectivity index (χ1n) is 4.66. The summed E-state index contributed by atoms with van der Waals surface area (Å²) in [6, 6.07) is 7.71. The quantitative estimate of drug-likeness (QED) is 0.720. The van der Waals surface area contributed by atoms with E-state index in [-0.39, 0.29) is 5.75 Å². The van der Waals surface area contributed by atoms with Gasteiger partial charge in [0.2, 0.25) is 0 Å². The van der Waals surface area contributed by atoms with Crippen LogP contribution in [0, 0.1) is 0 Å². The third-order valence-corrected chi connectivity index (χ3v) is 3.64. The fourth-order valence-electron chi connectivity index (χ4n) is 1.49. The van der Waals surface area contributed by atoms with Gasteiger partial charge < -0.3 is 10.2 Å². The molecule has 2 N–H and O–H groups in total. The Morgan fingerprint density at radius 3 is 2.80 bits per heavy atom. The fourth-order valence-corrected chi connectivity index (χ4v) is 2.46. The van der Waals surface area contributed by atoms with E-state index in [0.717, 1.165) is 10.9 Å². The van der Waals surface area contributed by atoms with Gasteiger partial charge in [-0.15, -0.1) is 11.3 Å². The minimum absolute atomic E-state index is 0.253. The lowest BCUT2D eigenvalue weighted by atomic mass is 10.0. The van der Waals surface area contributed by atoms with Gasteiger partial charge in [0.25, 0.3) is 0 Å². The molecule has 2 rings (SSSR count). The first-order chi connectivity index (χ1) is 7.22. The maximum atomic E-state index is 9.79. The number of hydrogen-bond donors (Lipinski definition) is 3. The van der Waals surface area contributed by atoms with E-state index in [0.29, 0.717) is 0 Å². The monoisotopic (exact) mass is 240 g/mol. The fraction of sp³-hybridized carbons (Fsp3) is 0.273. The summed E-state index contributed by atoms with van der Waals surface area (Å²) in [7, 11) is 0. The molecule has 1 heterocycles. The van der Waals surface area contributed by atoms with Crippen molar-refractivity contribution >= 4 is 34.1 Å². The minimum Gasteiger partial charge on any atom is -0.389 e. The largest absolute Gasteiger partial charge is 0.389 e. The molecule has 0 aliphatic carbocycles. The van der Waals surface area contributed by atoms with E-state index in [2.05, 4.69) is 12.6 Å². The number of aliphatic hydroxyl groups excluding tert-OH is 2. The van der Waals surface area contributed by atoms with Gasteiger partial charge in [0.1, 0.15) is 6.10 Å². The zero-order valence-corrected chi connectivity index (χ0v) is 9.71. The molecule has 0 saturated carbocycles. The normalized spacial score (nSPS) is 15.4. The number of aliphatic hydroxyl groups is 2. The van der Waals surface area contributed by atoms with Crippen molar-refractivity contribution in [2.45, 2.75) is 12.2 Å². The summed E-state index contributed by atoms with van der Waals surface area (Å²) in [4.78, 5) is 0. The number of hydrogen-bond acceptors (Lipinski definition) is 4. The van der Waals surface area contributed by atoms with Gasteiger partial charge in [-0.1, -0.05) is 6.07 Å². The van der Waals surface area contributed by atoms with Crippen LogP contribution in [0.3, 0.4) is 0 Å². The van der Waals surface area contributed by atoms with Gasteiger partial charge in [0.15, 0.2) is 0 Å². The highest BCUT2D eigenvalue weighted by atomic mass is 32.1. The molecule has 0 aliphatic heterocycles. The SMILES string of the molecule is OC(CS)C(O)c1ccc2sccc2c1. The van der Waals surface area contributed by atoms with Crippen LogP contribution in [0.1, 0.15) is 11.7 Å². The van der Waals surface area contributed by atoms with Crippen LogP contribution in [0.2, 0.25) is 0 Å². The van der Waals surface area contributed by atoms with Crippen molar-refractivity contribution in [2.75, 3.05) is 5.75 Å². The van der Waals surface area contributed by atoms with E-state index in [1.807, 2.05) is 29.6 Å². The summed E-state index contributed by atoms with van der Waals surface area (Å²) >= 11 is 5.62. The van der Waals surface area contributed by atoms with Crippen molar-refractivity contribution in [1.29, 1.82) is 0 Å². The molecular formula is C11H12O2S2. The summed E-state index contributed by atoms with van der Waals surface area (Å²) in [6.07, 6.45) is -1.67. The Kier molecular flexibility index (Phi) is 3.31. The molecule has 0 aliphatic rings. The lowest BCUT2D eigenvalue weighted by Gasteiger charge is -2.16. The summed E-state index contributed by atoms with van der Waals surface area (Å²) < 4.78 is 1.19. The van der Waals surface area contributed by atoms with Crippen molar-refractivity contribution in [3.63, 3.8) is 0 Å². The second-order valence-electron chi connectivity index (χ2n) is 3.41. The lowest BCUT2D eigenvalue weighted by Crippen LogP contribution is -2.19. The number of rotatable bonds is 3. The molecule has 2 atom stereocenters. The van der Waals surface area contributed by atoms with E-state index >= 15 is 0 Å². The third-order valence-electron chi connectivity index (χ3n) is 2.37. The third kappa shape index (κ3) is 2.18. The Hall–Kier alpha value is -0.550. The van der Waals surface area contributed by atoms with E-state index in [1.54, 1.807) is 11.3 Å². The summed E-state index contributed by atoms with van der Waals surface area (Å²) in [5.41, 5.74) is 0.738. The molecule has 0 radical (unpaired) electrons. The second-order valence-corrected chi connectivity index (χ2v) is 4.73. The molecule has 2 nitrogen and oxygen atoms in total. The maximum absolute atomic E-state index is 9.79. The number of thiol groups is 1. The summed E-state index contributed by atoms with van der Waals surface area (Å²) in [5, 5.41) is 22.4. The molecule has 2 aromatic rings. The van der Waals surface area contributed by atoms with Crippen molar-refractivity contribution in [1.82, 2.24) is 0 Å². The Morgan fingerprint density at radius 2 is 2.07 bits per heavy atom. The molecule has 15 heavy (non-hydrogen) atoms. The van der Waals surface area contributed by atoms with E-state index < -0.39 is 12.2 Å². The highest BCUT2D eigenvalue weighted by molar-refractivity contribution is 7.80. The van der Waals surface area contributed by atoms with Crippen LogP contribution >= 0.6 is 24.0 Å². The Bertz CT molecular complexity index is 453. The number of fused-ring (bicyclic) bond motifs is 1. The predicted molar refractivity (Wildman–Crippen MR) is 66.6 cm³/mol. The molecule has 1 aromatic heterocycles. The average Bonchev–Trinajstić information content (AvgIpc) is 2.73. The average molecular weight is 240 g/mol. The molecule has 80 valence electrons. The van der Waals surface area contributed by atoms with Crippen LogP contribution < -0.4 is 0 Å². The van der Waals surface area contributed by atoms with Gasteiger partial charge in [0, 0.05) is 10.5 Å². The first-order valence-corrected chi connectivity index (χ1v) is 6.17. The van der Waals surface area contributed by atoms with Crippen LogP contribution in [0.4, 0.5) is 0 Å². The van der Waals surface area contributed by atoms with E-state index in [9.17, 15) is 10.2 Å². The summed E-state index contributed by atoms with van der Waals surface area (Å²) in [5.74, 6) is 0.253. The van der Waals surface area contributed by atoms with E-state index in [1.165, 1.54) is 4.70 Å². The molecule has 0 saturated heterocycles. The van der Waals surface area contributed by atoms with Gasteiger partial charge in [-0.2, -0.15) is 12.6 Å². The highest BCUT2D eigenvalue weighted by Crippen LogP contribution is 2.26. The zero-order chi connectivity index (χ0) is 10.8. The first kappa shape index (κ1) is 11.0. The standard InChI is InChI=1S/C11H12O2S2/c12-9(6-14)11(13)8-1-2-10-7(5-8)3-4-15-10/h1-5,9,11-14H,6H2. The van der Waals surface area contributed by atoms with Gasteiger partial charge in [-0.25, -0.2) is 0 Å². The van der Waals surface area contributed by atoms with Crippen molar-refractivity contribution in [3.8, 4) is 0 Å². The molecule has 1 aromatic carbocycles. The topological polar surface area (TPSA) is 40.5 Å². The van der Waals surface area contributed by atoms with Gasteiger partial charge in [-0.05, 0) is 34.5 Å². The highest BCUT2D eigenvalue weighted by Gasteiger charge is 2.16. The van der Waals surface area contributed by atoms with Crippen LogP contribution in [0.5, 0.6) is 0 Å². The molecule has 2 unspecified atom stereocenters. The van der Waals surface area contributed by atoms with Gasteiger partial charge in [0.05, 0.1) is 6.10 Å². The number of thiophene rings is 1. The lowest BCUT2D eigenvalue weighted by molar-refractivity contribution is 0.0338. The molecule has 0 fully saturated rings. The zero-order valence-electron chi connectivity index (χ0n) is 8.00. The van der Waals surface area contributed by atoms with Gasteiger partial charge >= 0.3 is 0 Å². The van der Waals surface area contributed by atoms with Crippen LogP contribution in [0.25, 0.3) is 10.1 Å². The molecule has 0 spiro atoms. The van der Waals surface area contributed by atoms with Crippen LogP contribution in [-0.4, -0.2) is 22.1 Å². The summed E-state index contributed by atoms with van der Waals surface area (Å²) in [6.45, 7) is 0. The molecular weight excluding hydrogens is 228 g/mol. The predicted octanol–water partition coefficient (Wildman–Crippen LogP) is 2.23. The number of benzene rings is 1. The van der Waals surface area contributed by atoms with Crippen LogP contribution in [0.15, 0.2) is 29.6 Å². The van der Waals surface area contributed by atoms with Crippen molar-refractivity contribution < 1.29 is 10.2 Å². The Morgan fingerprint density at radius 1 is 1.27 bits per heavy atom. The molecule has 0 amide bonds.